The fourth-order valence-electron chi connectivity index (χ4n) is 1.92. The zero-order valence-electron chi connectivity index (χ0n) is 12.2. The number of hydrogen-bond donors (Lipinski definition) is 1. The molecular formula is C16H23N3O. The first-order valence-corrected chi connectivity index (χ1v) is 7.17. The molecule has 0 aliphatic carbocycles. The summed E-state index contributed by atoms with van der Waals surface area (Å²) in [5.74, 6) is 0. The Labute approximate surface area is 120 Å². The molecule has 4 heteroatoms. The van der Waals surface area contributed by atoms with Crippen molar-refractivity contribution in [3.8, 4) is 5.69 Å². The van der Waals surface area contributed by atoms with E-state index in [1.54, 1.807) is 0 Å². The molecule has 4 nitrogen and oxygen atoms in total. The van der Waals surface area contributed by atoms with Crippen LogP contribution in [0.25, 0.3) is 5.69 Å². The highest BCUT2D eigenvalue weighted by molar-refractivity contribution is 5.30. The number of nitrogens with one attached hydrogen (secondary N) is 1. The molecule has 0 saturated heterocycles. The molecule has 0 aliphatic heterocycles. The van der Waals surface area contributed by atoms with E-state index in [-0.39, 0.29) is 0 Å². The van der Waals surface area contributed by atoms with Gasteiger partial charge in [0.25, 0.3) is 0 Å². The Hall–Kier alpha value is -1.65. The molecule has 0 aliphatic rings. The van der Waals surface area contributed by atoms with Crippen LogP contribution in [0, 0.1) is 0 Å². The standard InChI is InChI=1S/C16H23N3O/c1-14(2)20-10-6-9-17-11-15-12-18-19(13-15)16-7-4-3-5-8-16/h3-5,7-8,12-14,17H,6,9-11H2,1-2H3. The van der Waals surface area contributed by atoms with Gasteiger partial charge < -0.3 is 10.1 Å². The molecule has 0 amide bonds. The van der Waals surface area contributed by atoms with Gasteiger partial charge in [-0.1, -0.05) is 18.2 Å². The van der Waals surface area contributed by atoms with Gasteiger partial charge in [-0.15, -0.1) is 0 Å². The maximum absolute atomic E-state index is 5.50. The molecule has 0 radical (unpaired) electrons. The lowest BCUT2D eigenvalue weighted by Crippen LogP contribution is -2.17. The topological polar surface area (TPSA) is 39.1 Å². The van der Waals surface area contributed by atoms with Crippen molar-refractivity contribution in [3.63, 3.8) is 0 Å². The predicted octanol–water partition coefficient (Wildman–Crippen LogP) is 2.78. The number of rotatable bonds is 8. The van der Waals surface area contributed by atoms with E-state index < -0.39 is 0 Å². The first-order valence-electron chi connectivity index (χ1n) is 7.17. The minimum absolute atomic E-state index is 0.319. The van der Waals surface area contributed by atoms with Crippen LogP contribution >= 0.6 is 0 Å². The van der Waals surface area contributed by atoms with E-state index in [2.05, 4.69) is 30.5 Å². The van der Waals surface area contributed by atoms with Crippen molar-refractivity contribution < 1.29 is 4.74 Å². The van der Waals surface area contributed by atoms with Crippen LogP contribution in [0.4, 0.5) is 0 Å². The normalized spacial score (nSPS) is 11.2. The second kappa shape index (κ2) is 7.82. The highest BCUT2D eigenvalue weighted by Crippen LogP contribution is 2.07. The van der Waals surface area contributed by atoms with Gasteiger partial charge in [-0.05, 0) is 38.9 Å². The molecule has 0 spiro atoms. The van der Waals surface area contributed by atoms with Crippen LogP contribution < -0.4 is 5.32 Å². The van der Waals surface area contributed by atoms with Gasteiger partial charge >= 0.3 is 0 Å². The smallest absolute Gasteiger partial charge is 0.0645 e. The van der Waals surface area contributed by atoms with Crippen molar-refractivity contribution in [2.45, 2.75) is 32.9 Å². The van der Waals surface area contributed by atoms with Crippen molar-refractivity contribution in [3.05, 3.63) is 48.3 Å². The summed E-state index contributed by atoms with van der Waals surface area (Å²) in [6.45, 7) is 6.74. The van der Waals surface area contributed by atoms with Gasteiger partial charge in [-0.2, -0.15) is 5.10 Å². The van der Waals surface area contributed by atoms with Crippen LogP contribution in [0.15, 0.2) is 42.7 Å². The lowest BCUT2D eigenvalue weighted by atomic mass is 10.3. The number of ether oxygens (including phenoxy) is 1. The molecule has 1 heterocycles. The second-order valence-corrected chi connectivity index (χ2v) is 5.08. The lowest BCUT2D eigenvalue weighted by molar-refractivity contribution is 0.0770. The molecule has 1 aromatic heterocycles. The Morgan fingerprint density at radius 1 is 1.25 bits per heavy atom. The van der Waals surface area contributed by atoms with Crippen molar-refractivity contribution in [2.24, 2.45) is 0 Å². The van der Waals surface area contributed by atoms with E-state index in [0.717, 1.165) is 31.8 Å². The van der Waals surface area contributed by atoms with E-state index in [9.17, 15) is 0 Å². The average Bonchev–Trinajstić information content (AvgIpc) is 2.92. The summed E-state index contributed by atoms with van der Waals surface area (Å²) >= 11 is 0. The van der Waals surface area contributed by atoms with Gasteiger partial charge in [-0.3, -0.25) is 0 Å². The number of hydrogen-bond acceptors (Lipinski definition) is 3. The van der Waals surface area contributed by atoms with Crippen LogP contribution in [-0.2, 0) is 11.3 Å². The molecule has 108 valence electrons. The molecule has 0 atom stereocenters. The van der Waals surface area contributed by atoms with E-state index in [0.29, 0.717) is 6.10 Å². The first-order chi connectivity index (χ1) is 9.75. The number of aromatic nitrogens is 2. The van der Waals surface area contributed by atoms with Gasteiger partial charge in [0.15, 0.2) is 0 Å². The zero-order valence-corrected chi connectivity index (χ0v) is 12.2. The zero-order chi connectivity index (χ0) is 14.2. The van der Waals surface area contributed by atoms with Gasteiger partial charge in [-0.25, -0.2) is 4.68 Å². The Bertz CT molecular complexity index is 493. The van der Waals surface area contributed by atoms with E-state index in [1.165, 1.54) is 5.56 Å². The van der Waals surface area contributed by atoms with Crippen molar-refractivity contribution in [1.82, 2.24) is 15.1 Å². The Morgan fingerprint density at radius 3 is 2.80 bits per heavy atom. The van der Waals surface area contributed by atoms with Gasteiger partial charge in [0.05, 0.1) is 18.0 Å². The first kappa shape index (κ1) is 14.8. The Balaban J connectivity index is 1.71. The van der Waals surface area contributed by atoms with Gasteiger partial charge in [0.2, 0.25) is 0 Å². The summed E-state index contributed by atoms with van der Waals surface area (Å²) in [7, 11) is 0. The van der Waals surface area contributed by atoms with Crippen LogP contribution in [0.5, 0.6) is 0 Å². The van der Waals surface area contributed by atoms with Crippen LogP contribution in [0.1, 0.15) is 25.8 Å². The summed E-state index contributed by atoms with van der Waals surface area (Å²) in [4.78, 5) is 0. The van der Waals surface area contributed by atoms with E-state index in [4.69, 9.17) is 4.74 Å². The number of benzene rings is 1. The molecule has 1 N–H and O–H groups in total. The molecule has 0 unspecified atom stereocenters. The fraction of sp³-hybridized carbons (Fsp3) is 0.438. The summed E-state index contributed by atoms with van der Waals surface area (Å²) in [6, 6.07) is 10.1. The maximum Gasteiger partial charge on any atom is 0.0645 e. The molecule has 2 rings (SSSR count). The summed E-state index contributed by atoms with van der Waals surface area (Å²) in [5, 5.41) is 7.78. The molecule has 0 saturated carbocycles. The highest BCUT2D eigenvalue weighted by Gasteiger charge is 2.00. The largest absolute Gasteiger partial charge is 0.379 e. The minimum atomic E-state index is 0.319. The maximum atomic E-state index is 5.50. The Kier molecular flexibility index (Phi) is 5.77. The molecule has 2 aromatic rings. The second-order valence-electron chi connectivity index (χ2n) is 5.08. The predicted molar refractivity (Wildman–Crippen MR) is 81.0 cm³/mol. The van der Waals surface area contributed by atoms with Crippen LogP contribution in [0.2, 0.25) is 0 Å². The third kappa shape index (κ3) is 4.79. The third-order valence-electron chi connectivity index (χ3n) is 2.94. The number of nitrogens with zero attached hydrogens (tertiary/aromatic N) is 2. The molecule has 20 heavy (non-hydrogen) atoms. The highest BCUT2D eigenvalue weighted by atomic mass is 16.5. The van der Waals surface area contributed by atoms with E-state index in [1.807, 2.05) is 41.2 Å². The van der Waals surface area contributed by atoms with Crippen molar-refractivity contribution in [2.75, 3.05) is 13.2 Å². The molecule has 1 aromatic carbocycles. The lowest BCUT2D eigenvalue weighted by Gasteiger charge is -2.07. The van der Waals surface area contributed by atoms with Crippen molar-refractivity contribution in [1.29, 1.82) is 0 Å². The van der Waals surface area contributed by atoms with Gasteiger partial charge in [0.1, 0.15) is 0 Å². The molecule has 0 fully saturated rings. The monoisotopic (exact) mass is 273 g/mol. The summed E-state index contributed by atoms with van der Waals surface area (Å²) in [6.07, 6.45) is 5.32. The number of para-hydroxylation sites is 1. The minimum Gasteiger partial charge on any atom is -0.379 e. The Morgan fingerprint density at radius 2 is 2.05 bits per heavy atom. The third-order valence-corrected chi connectivity index (χ3v) is 2.94. The molecular weight excluding hydrogens is 250 g/mol. The average molecular weight is 273 g/mol. The van der Waals surface area contributed by atoms with Crippen LogP contribution in [0.3, 0.4) is 0 Å². The SMILES string of the molecule is CC(C)OCCCNCc1cnn(-c2ccccc2)c1. The van der Waals surface area contributed by atoms with Crippen LogP contribution in [-0.4, -0.2) is 29.0 Å². The van der Waals surface area contributed by atoms with Gasteiger partial charge in [0, 0.05) is 24.9 Å². The summed E-state index contributed by atoms with van der Waals surface area (Å²) < 4.78 is 7.40. The van der Waals surface area contributed by atoms with Crippen molar-refractivity contribution >= 4 is 0 Å². The molecule has 0 bridgehead atoms. The quantitative estimate of drug-likeness (QED) is 0.752. The fourth-order valence-corrected chi connectivity index (χ4v) is 1.92. The van der Waals surface area contributed by atoms with E-state index >= 15 is 0 Å². The summed E-state index contributed by atoms with van der Waals surface area (Å²) in [5.41, 5.74) is 2.28.